The fourth-order valence-corrected chi connectivity index (χ4v) is 5.23. The summed E-state index contributed by atoms with van der Waals surface area (Å²) in [4.78, 5) is 29.1. The van der Waals surface area contributed by atoms with Crippen LogP contribution in [0.15, 0.2) is 77.3 Å². The van der Waals surface area contributed by atoms with E-state index in [-0.39, 0.29) is 24.5 Å². The van der Waals surface area contributed by atoms with Crippen LogP contribution in [-0.4, -0.2) is 35.4 Å². The fourth-order valence-electron chi connectivity index (χ4n) is 4.79. The van der Waals surface area contributed by atoms with Crippen LogP contribution in [0.4, 0.5) is 0 Å². The number of carbonyl (C=O) groups is 2. The minimum absolute atomic E-state index is 0.106. The number of hydrogen-bond donors (Lipinski definition) is 1. The molecule has 0 unspecified atom stereocenters. The topological polar surface area (TPSA) is 58.6 Å². The monoisotopic (exact) mass is 562 g/mol. The van der Waals surface area contributed by atoms with Crippen LogP contribution in [0.5, 0.6) is 5.75 Å². The lowest BCUT2D eigenvalue weighted by Crippen LogP contribution is -2.53. The zero-order valence-corrected chi connectivity index (χ0v) is 23.2. The molecule has 3 aromatic rings. The predicted octanol–water partition coefficient (Wildman–Crippen LogP) is 6.14. The molecule has 0 radical (unpaired) electrons. The molecule has 1 atom stereocenters. The van der Waals surface area contributed by atoms with Crippen LogP contribution in [0.2, 0.25) is 0 Å². The van der Waals surface area contributed by atoms with Crippen LogP contribution < -0.4 is 10.1 Å². The van der Waals surface area contributed by atoms with Gasteiger partial charge < -0.3 is 15.0 Å². The number of amides is 2. The van der Waals surface area contributed by atoms with Crippen LogP contribution in [0, 0.1) is 13.8 Å². The Kier molecular flexibility index (Phi) is 9.40. The van der Waals surface area contributed by atoms with E-state index in [2.05, 4.69) is 21.2 Å². The number of rotatable bonds is 10. The summed E-state index contributed by atoms with van der Waals surface area (Å²) in [6, 6.07) is 23.1. The van der Waals surface area contributed by atoms with Crippen molar-refractivity contribution in [2.75, 3.05) is 6.61 Å². The molecule has 4 rings (SSSR count). The summed E-state index contributed by atoms with van der Waals surface area (Å²) in [6.45, 7) is 4.23. The number of ether oxygens (including phenoxy) is 1. The molecule has 0 saturated heterocycles. The van der Waals surface area contributed by atoms with Gasteiger partial charge >= 0.3 is 0 Å². The summed E-state index contributed by atoms with van der Waals surface area (Å²) < 4.78 is 6.86. The molecule has 1 aliphatic carbocycles. The smallest absolute Gasteiger partial charge is 0.261 e. The Morgan fingerprint density at radius 3 is 2.38 bits per heavy atom. The number of benzene rings is 3. The van der Waals surface area contributed by atoms with E-state index in [0.29, 0.717) is 18.7 Å². The average molecular weight is 564 g/mol. The minimum Gasteiger partial charge on any atom is -0.484 e. The summed E-state index contributed by atoms with van der Waals surface area (Å²) in [6.07, 6.45) is 4.65. The lowest BCUT2D eigenvalue weighted by Gasteiger charge is -2.32. The highest BCUT2D eigenvalue weighted by molar-refractivity contribution is 9.10. The van der Waals surface area contributed by atoms with Crippen molar-refractivity contribution in [2.45, 2.75) is 64.6 Å². The van der Waals surface area contributed by atoms with Gasteiger partial charge in [0.25, 0.3) is 5.91 Å². The average Bonchev–Trinajstić information content (AvgIpc) is 3.40. The number of nitrogens with one attached hydrogen (secondary N) is 1. The number of halogens is 1. The molecule has 37 heavy (non-hydrogen) atoms. The van der Waals surface area contributed by atoms with Gasteiger partial charge in [-0.25, -0.2) is 0 Å². The third kappa shape index (κ3) is 7.68. The summed E-state index contributed by atoms with van der Waals surface area (Å²) >= 11 is 3.53. The van der Waals surface area contributed by atoms with Crippen molar-refractivity contribution in [3.8, 4) is 5.75 Å². The highest BCUT2D eigenvalue weighted by Gasteiger charge is 2.32. The van der Waals surface area contributed by atoms with Crippen LogP contribution in [-0.2, 0) is 22.6 Å². The number of aryl methyl sites for hydroxylation is 2. The minimum atomic E-state index is -0.655. The standard InChI is InChI=1S/C31H35BrN2O3/c1-22-15-16-28(17-23(22)2)37-21-30(35)34(20-25-11-8-12-26(32)18-25)29(19-24-9-4-3-5-10-24)31(36)33-27-13-6-7-14-27/h3-5,8-12,15-18,27,29H,6-7,13-14,19-21H2,1-2H3,(H,33,36)/t29-/m0/s1. The summed E-state index contributed by atoms with van der Waals surface area (Å²) in [5.74, 6) is 0.319. The van der Waals surface area contributed by atoms with Crippen molar-refractivity contribution < 1.29 is 14.3 Å². The maximum absolute atomic E-state index is 13.7. The van der Waals surface area contributed by atoms with Crippen molar-refractivity contribution in [3.63, 3.8) is 0 Å². The van der Waals surface area contributed by atoms with E-state index in [0.717, 1.165) is 46.8 Å². The second kappa shape index (κ2) is 12.9. The van der Waals surface area contributed by atoms with Gasteiger partial charge in [0.15, 0.2) is 6.61 Å². The van der Waals surface area contributed by atoms with E-state index in [1.54, 1.807) is 4.90 Å². The number of hydrogen-bond acceptors (Lipinski definition) is 3. The van der Waals surface area contributed by atoms with Crippen molar-refractivity contribution in [3.05, 3.63) is 99.5 Å². The zero-order valence-electron chi connectivity index (χ0n) is 21.6. The van der Waals surface area contributed by atoms with E-state index in [4.69, 9.17) is 4.74 Å². The van der Waals surface area contributed by atoms with E-state index in [1.807, 2.05) is 86.6 Å². The molecule has 194 valence electrons. The molecule has 5 nitrogen and oxygen atoms in total. The van der Waals surface area contributed by atoms with Gasteiger partial charge in [0.05, 0.1) is 0 Å². The van der Waals surface area contributed by atoms with Gasteiger partial charge in [-0.2, -0.15) is 0 Å². The Labute approximate surface area is 228 Å². The van der Waals surface area contributed by atoms with E-state index >= 15 is 0 Å². The van der Waals surface area contributed by atoms with Crippen LogP contribution in [0.1, 0.15) is 47.9 Å². The molecule has 0 heterocycles. The van der Waals surface area contributed by atoms with Crippen molar-refractivity contribution in [1.29, 1.82) is 0 Å². The first-order valence-corrected chi connectivity index (χ1v) is 13.8. The third-order valence-electron chi connectivity index (χ3n) is 7.06. The maximum atomic E-state index is 13.7. The molecule has 6 heteroatoms. The highest BCUT2D eigenvalue weighted by atomic mass is 79.9. The van der Waals surface area contributed by atoms with E-state index in [1.165, 1.54) is 5.56 Å². The molecule has 2 amide bonds. The van der Waals surface area contributed by atoms with E-state index in [9.17, 15) is 9.59 Å². The van der Waals surface area contributed by atoms with Gasteiger partial charge in [-0.1, -0.05) is 77.3 Å². The SMILES string of the molecule is Cc1ccc(OCC(=O)N(Cc2cccc(Br)c2)[C@@H](Cc2ccccc2)C(=O)NC2CCCC2)cc1C. The van der Waals surface area contributed by atoms with Crippen molar-refractivity contribution in [2.24, 2.45) is 0 Å². The Balaban J connectivity index is 1.61. The molecular formula is C31H35BrN2O3. The molecule has 0 spiro atoms. The van der Waals surface area contributed by atoms with Crippen LogP contribution >= 0.6 is 15.9 Å². The first-order valence-electron chi connectivity index (χ1n) is 13.0. The Hall–Kier alpha value is -3.12. The third-order valence-corrected chi connectivity index (χ3v) is 7.55. The van der Waals surface area contributed by atoms with Gasteiger partial charge in [-0.3, -0.25) is 9.59 Å². The summed E-state index contributed by atoms with van der Waals surface area (Å²) in [7, 11) is 0. The summed E-state index contributed by atoms with van der Waals surface area (Å²) in [5, 5.41) is 3.24. The van der Waals surface area contributed by atoms with Crippen LogP contribution in [0.25, 0.3) is 0 Å². The van der Waals surface area contributed by atoms with Gasteiger partial charge in [0.1, 0.15) is 11.8 Å². The molecule has 3 aromatic carbocycles. The van der Waals surface area contributed by atoms with E-state index < -0.39 is 6.04 Å². The largest absolute Gasteiger partial charge is 0.484 e. The summed E-state index contributed by atoms with van der Waals surface area (Å²) in [5.41, 5.74) is 4.23. The molecular weight excluding hydrogens is 528 g/mol. The zero-order chi connectivity index (χ0) is 26.2. The molecule has 0 aromatic heterocycles. The van der Waals surface area contributed by atoms with Gasteiger partial charge in [-0.05, 0) is 73.2 Å². The lowest BCUT2D eigenvalue weighted by atomic mass is 10.0. The normalized spacial score (nSPS) is 14.2. The Morgan fingerprint density at radius 2 is 1.68 bits per heavy atom. The first-order chi connectivity index (χ1) is 17.9. The molecule has 1 fully saturated rings. The fraction of sp³-hybridized carbons (Fsp3) is 0.355. The quantitative estimate of drug-likeness (QED) is 0.322. The number of carbonyl (C=O) groups excluding carboxylic acids is 2. The lowest BCUT2D eigenvalue weighted by molar-refractivity contribution is -0.143. The molecule has 1 saturated carbocycles. The maximum Gasteiger partial charge on any atom is 0.261 e. The second-order valence-electron chi connectivity index (χ2n) is 9.88. The highest BCUT2D eigenvalue weighted by Crippen LogP contribution is 2.22. The molecule has 1 aliphatic rings. The Bertz CT molecular complexity index is 1210. The van der Waals surface area contributed by atoms with Gasteiger partial charge in [0.2, 0.25) is 5.91 Å². The molecule has 0 bridgehead atoms. The second-order valence-corrected chi connectivity index (χ2v) is 10.8. The van der Waals surface area contributed by atoms with Gasteiger partial charge in [-0.15, -0.1) is 0 Å². The van der Waals surface area contributed by atoms with Crippen LogP contribution in [0.3, 0.4) is 0 Å². The van der Waals surface area contributed by atoms with Gasteiger partial charge in [0, 0.05) is 23.5 Å². The molecule has 0 aliphatic heterocycles. The van der Waals surface area contributed by atoms with Crippen molar-refractivity contribution in [1.82, 2.24) is 10.2 Å². The number of nitrogens with zero attached hydrogens (tertiary/aromatic N) is 1. The Morgan fingerprint density at radius 1 is 0.946 bits per heavy atom. The first kappa shape index (κ1) is 26.9. The predicted molar refractivity (Wildman–Crippen MR) is 150 cm³/mol. The van der Waals surface area contributed by atoms with Crippen molar-refractivity contribution >= 4 is 27.7 Å². The molecule has 1 N–H and O–H groups in total.